The van der Waals surface area contributed by atoms with Crippen molar-refractivity contribution in [3.63, 3.8) is 0 Å². The summed E-state index contributed by atoms with van der Waals surface area (Å²) in [4.78, 5) is 41.8. The first-order chi connectivity index (χ1) is 18.1. The maximum atomic E-state index is 13.0. The summed E-state index contributed by atoms with van der Waals surface area (Å²) in [5, 5.41) is 9.58. The van der Waals surface area contributed by atoms with Gasteiger partial charge >= 0.3 is 18.2 Å². The van der Waals surface area contributed by atoms with Crippen LogP contribution in [0, 0.1) is 0 Å². The molecule has 12 nitrogen and oxygen atoms in total. The monoisotopic (exact) mass is 534 g/mol. The molecule has 1 N–H and O–H groups in total. The van der Waals surface area contributed by atoms with Crippen LogP contribution in [-0.4, -0.2) is 120 Å². The van der Waals surface area contributed by atoms with Crippen molar-refractivity contribution in [1.82, 2.24) is 24.7 Å². The molecule has 2 amide bonds. The van der Waals surface area contributed by atoms with E-state index < -0.39 is 11.7 Å². The van der Waals surface area contributed by atoms with E-state index in [1.165, 1.54) is 4.90 Å². The van der Waals surface area contributed by atoms with Crippen LogP contribution in [0.5, 0.6) is 6.01 Å². The Morgan fingerprint density at radius 2 is 1.89 bits per heavy atom. The van der Waals surface area contributed by atoms with Crippen LogP contribution >= 0.6 is 0 Å². The maximum absolute atomic E-state index is 13.0. The largest absolute Gasteiger partial charge is 0.465 e. The molecule has 2 saturated heterocycles. The molecule has 4 rings (SSSR count). The van der Waals surface area contributed by atoms with E-state index in [1.54, 1.807) is 12.0 Å². The maximum Gasteiger partial charge on any atom is 0.410 e. The highest BCUT2D eigenvalue weighted by Gasteiger charge is 2.36. The normalized spacial score (nSPS) is 22.4. The predicted octanol–water partition coefficient (Wildman–Crippen LogP) is 2.45. The lowest BCUT2D eigenvalue weighted by Crippen LogP contribution is -2.57. The number of nitrogens with zero attached hydrogens (tertiary/aromatic N) is 6. The zero-order valence-corrected chi connectivity index (χ0v) is 23.3. The van der Waals surface area contributed by atoms with Crippen LogP contribution in [0.1, 0.15) is 51.3 Å². The molecule has 1 aromatic heterocycles. The molecule has 38 heavy (non-hydrogen) atoms. The molecule has 0 spiro atoms. The number of methoxy groups -OCH3 is 1. The van der Waals surface area contributed by atoms with Gasteiger partial charge in [-0.25, -0.2) is 9.59 Å². The standard InChI is InChI=1S/C26H42N6O6/c1-26(2,3)38-25(35)32-13-12-30(15-18(32)9-14-36-5)22-20-8-11-31(24(33)34)16-21(20)27-23(28-22)37-17-19-7-6-10-29(19)4/h18-19H,6-17H2,1-5H3,(H,33,34). The highest BCUT2D eigenvalue weighted by atomic mass is 16.6. The molecule has 2 unspecified atom stereocenters. The van der Waals surface area contributed by atoms with E-state index in [0.29, 0.717) is 64.0 Å². The van der Waals surface area contributed by atoms with Crippen LogP contribution in [0.15, 0.2) is 0 Å². The number of carboxylic acid groups (broad SMARTS) is 1. The Balaban J connectivity index is 1.59. The van der Waals surface area contributed by atoms with Gasteiger partial charge < -0.3 is 38.9 Å². The minimum Gasteiger partial charge on any atom is -0.465 e. The lowest BCUT2D eigenvalue weighted by molar-refractivity contribution is 0.0105. The summed E-state index contributed by atoms with van der Waals surface area (Å²) >= 11 is 0. The smallest absolute Gasteiger partial charge is 0.410 e. The number of likely N-dealkylation sites (N-methyl/N-ethyl adjacent to an activating group) is 1. The van der Waals surface area contributed by atoms with Crippen molar-refractivity contribution in [1.29, 1.82) is 0 Å². The number of hydrogen-bond donors (Lipinski definition) is 1. The Kier molecular flexibility index (Phi) is 8.81. The van der Waals surface area contributed by atoms with Gasteiger partial charge in [0.05, 0.1) is 18.3 Å². The van der Waals surface area contributed by atoms with Crippen molar-refractivity contribution >= 4 is 18.0 Å². The molecule has 0 aliphatic carbocycles. The Morgan fingerprint density at radius 1 is 1.11 bits per heavy atom. The van der Waals surface area contributed by atoms with E-state index in [0.717, 1.165) is 30.8 Å². The summed E-state index contributed by atoms with van der Waals surface area (Å²) in [6.07, 6.45) is 2.09. The second-order valence-corrected chi connectivity index (χ2v) is 11.4. The molecule has 0 bridgehead atoms. The Hall–Kier alpha value is -2.86. The molecule has 0 radical (unpaired) electrons. The summed E-state index contributed by atoms with van der Waals surface area (Å²) in [7, 11) is 3.74. The first-order valence-electron chi connectivity index (χ1n) is 13.5. The number of rotatable bonds is 7. The molecular formula is C26H42N6O6. The first-order valence-corrected chi connectivity index (χ1v) is 13.5. The molecule has 3 aliphatic rings. The summed E-state index contributed by atoms with van der Waals surface area (Å²) in [6, 6.07) is 0.457. The Labute approximate surface area is 224 Å². The number of carbonyl (C=O) groups is 2. The molecule has 4 heterocycles. The van der Waals surface area contributed by atoms with Crippen molar-refractivity contribution in [2.75, 3.05) is 65.0 Å². The van der Waals surface area contributed by atoms with E-state index in [-0.39, 0.29) is 24.7 Å². The minimum absolute atomic E-state index is 0.125. The van der Waals surface area contributed by atoms with Crippen molar-refractivity contribution < 1.29 is 28.9 Å². The number of fused-ring (bicyclic) bond motifs is 1. The van der Waals surface area contributed by atoms with Crippen molar-refractivity contribution in [2.24, 2.45) is 0 Å². The van der Waals surface area contributed by atoms with Crippen LogP contribution in [0.3, 0.4) is 0 Å². The van der Waals surface area contributed by atoms with Gasteiger partial charge in [0.2, 0.25) is 0 Å². The van der Waals surface area contributed by atoms with Gasteiger partial charge in [-0.3, -0.25) is 0 Å². The molecule has 0 saturated carbocycles. The van der Waals surface area contributed by atoms with Gasteiger partial charge in [-0.05, 0) is 60.0 Å². The lowest BCUT2D eigenvalue weighted by atomic mass is 10.0. The van der Waals surface area contributed by atoms with E-state index in [9.17, 15) is 14.7 Å². The fourth-order valence-electron chi connectivity index (χ4n) is 5.35. The number of likely N-dealkylation sites (tertiary alicyclic amines) is 1. The predicted molar refractivity (Wildman–Crippen MR) is 141 cm³/mol. The van der Waals surface area contributed by atoms with E-state index in [4.69, 9.17) is 19.2 Å². The lowest BCUT2D eigenvalue weighted by Gasteiger charge is -2.43. The van der Waals surface area contributed by atoms with Gasteiger partial charge in [-0.15, -0.1) is 0 Å². The number of amides is 2. The van der Waals surface area contributed by atoms with Crippen LogP contribution in [0.25, 0.3) is 0 Å². The molecule has 2 fully saturated rings. The minimum atomic E-state index is -0.962. The highest BCUT2D eigenvalue weighted by Crippen LogP contribution is 2.31. The Morgan fingerprint density at radius 3 is 2.55 bits per heavy atom. The fraction of sp³-hybridized carbons (Fsp3) is 0.769. The quantitative estimate of drug-likeness (QED) is 0.558. The van der Waals surface area contributed by atoms with Gasteiger partial charge in [-0.2, -0.15) is 9.97 Å². The van der Waals surface area contributed by atoms with Gasteiger partial charge in [-0.1, -0.05) is 0 Å². The summed E-state index contributed by atoms with van der Waals surface area (Å²) in [6.45, 7) is 9.82. The first kappa shape index (κ1) is 28.2. The average Bonchev–Trinajstić information content (AvgIpc) is 3.28. The third kappa shape index (κ3) is 6.76. The number of ether oxygens (including phenoxy) is 3. The van der Waals surface area contributed by atoms with Crippen LogP contribution in [0.2, 0.25) is 0 Å². The van der Waals surface area contributed by atoms with Gasteiger partial charge in [0.25, 0.3) is 0 Å². The van der Waals surface area contributed by atoms with Crippen molar-refractivity contribution in [2.45, 2.75) is 70.7 Å². The number of piperazine rings is 1. The van der Waals surface area contributed by atoms with Gasteiger partial charge in [0, 0.05) is 51.5 Å². The summed E-state index contributed by atoms with van der Waals surface area (Å²) in [5.41, 5.74) is 1.05. The number of anilines is 1. The van der Waals surface area contributed by atoms with Crippen LogP contribution in [0.4, 0.5) is 15.4 Å². The molecule has 0 aromatic carbocycles. The molecule has 3 aliphatic heterocycles. The number of aromatic nitrogens is 2. The topological polar surface area (TPSA) is 121 Å². The fourth-order valence-corrected chi connectivity index (χ4v) is 5.35. The summed E-state index contributed by atoms with van der Waals surface area (Å²) in [5.74, 6) is 0.765. The van der Waals surface area contributed by atoms with E-state index in [1.807, 2.05) is 20.8 Å². The highest BCUT2D eigenvalue weighted by molar-refractivity contribution is 5.69. The van der Waals surface area contributed by atoms with Crippen LogP contribution in [-0.2, 0) is 22.4 Å². The van der Waals surface area contributed by atoms with Gasteiger partial charge in [0.15, 0.2) is 0 Å². The number of carbonyl (C=O) groups excluding carboxylic acids is 1. The van der Waals surface area contributed by atoms with E-state index in [2.05, 4.69) is 21.8 Å². The summed E-state index contributed by atoms with van der Waals surface area (Å²) < 4.78 is 17.1. The van der Waals surface area contributed by atoms with Crippen molar-refractivity contribution in [3.05, 3.63) is 11.3 Å². The SMILES string of the molecule is COCCC1CN(c2nc(OCC3CCCN3C)nc3c2CCN(C(=O)O)C3)CCN1C(=O)OC(C)(C)C. The van der Waals surface area contributed by atoms with Gasteiger partial charge in [0.1, 0.15) is 18.0 Å². The van der Waals surface area contributed by atoms with E-state index >= 15 is 0 Å². The third-order valence-corrected chi connectivity index (χ3v) is 7.44. The second-order valence-electron chi connectivity index (χ2n) is 11.4. The molecule has 2 atom stereocenters. The molecule has 212 valence electrons. The molecular weight excluding hydrogens is 492 g/mol. The number of hydrogen-bond acceptors (Lipinski definition) is 9. The molecule has 12 heteroatoms. The molecule has 1 aromatic rings. The van der Waals surface area contributed by atoms with Crippen molar-refractivity contribution in [3.8, 4) is 6.01 Å². The zero-order chi connectivity index (χ0) is 27.4. The second kappa shape index (κ2) is 11.9. The van der Waals surface area contributed by atoms with Crippen LogP contribution < -0.4 is 9.64 Å². The average molecular weight is 535 g/mol. The Bertz CT molecular complexity index is 1000. The zero-order valence-electron chi connectivity index (χ0n) is 23.3. The third-order valence-electron chi connectivity index (χ3n) is 7.44.